The predicted octanol–water partition coefficient (Wildman–Crippen LogP) is 4.39. The Morgan fingerprint density at radius 2 is 2.17 bits per heavy atom. The third-order valence-electron chi connectivity index (χ3n) is 3.39. The van der Waals surface area contributed by atoms with Gasteiger partial charge < -0.3 is 9.84 Å². The molecule has 1 aromatic rings. The van der Waals surface area contributed by atoms with Gasteiger partial charge in [0.25, 0.3) is 0 Å². The minimum absolute atomic E-state index is 0.148. The monoisotopic (exact) mass is 349 g/mol. The van der Waals surface area contributed by atoms with Crippen LogP contribution in [0.15, 0.2) is 47.0 Å². The minimum Gasteiger partial charge on any atom is -0.503 e. The van der Waals surface area contributed by atoms with Crippen LogP contribution in [0.2, 0.25) is 0 Å². The highest BCUT2D eigenvalue weighted by Gasteiger charge is 2.30. The van der Waals surface area contributed by atoms with Crippen LogP contribution in [0.25, 0.3) is 5.57 Å². The molecule has 0 bridgehead atoms. The van der Waals surface area contributed by atoms with Crippen LogP contribution < -0.4 is 0 Å². The van der Waals surface area contributed by atoms with Crippen molar-refractivity contribution in [3.63, 3.8) is 0 Å². The molecule has 0 fully saturated rings. The standard InChI is InChI=1S/C17H19NO3S2/c1-11-17(2,3)18-16(23-11)22-10-12-7-5-6-8-13(12)14(9-21-4)15(19)20/h5-9H,1,10H2,2-4H3,(H,19,20)/b14-9+. The molecule has 0 aromatic heterocycles. The molecule has 0 saturated carbocycles. The number of rotatable bonds is 5. The van der Waals surface area contributed by atoms with Crippen molar-refractivity contribution in [2.75, 3.05) is 7.11 Å². The highest BCUT2D eigenvalue weighted by molar-refractivity contribution is 8.40. The lowest BCUT2D eigenvalue weighted by molar-refractivity contribution is -0.130. The van der Waals surface area contributed by atoms with E-state index in [9.17, 15) is 9.90 Å². The molecule has 0 saturated heterocycles. The summed E-state index contributed by atoms with van der Waals surface area (Å²) in [5.41, 5.74) is 1.50. The zero-order valence-electron chi connectivity index (χ0n) is 13.3. The summed E-state index contributed by atoms with van der Waals surface area (Å²) in [5, 5.41) is 9.37. The van der Waals surface area contributed by atoms with Gasteiger partial charge in [-0.25, -0.2) is 4.79 Å². The largest absolute Gasteiger partial charge is 0.503 e. The number of benzene rings is 1. The summed E-state index contributed by atoms with van der Waals surface area (Å²) in [7, 11) is 1.44. The Morgan fingerprint density at radius 1 is 1.48 bits per heavy atom. The van der Waals surface area contributed by atoms with Gasteiger partial charge in [0.15, 0.2) is 0 Å². The normalized spacial score (nSPS) is 17.1. The molecule has 4 nitrogen and oxygen atoms in total. The second kappa shape index (κ2) is 7.27. The van der Waals surface area contributed by atoms with Gasteiger partial charge in [-0.05, 0) is 25.0 Å². The average Bonchev–Trinajstić information content (AvgIpc) is 2.76. The molecule has 0 radical (unpaired) electrons. The van der Waals surface area contributed by atoms with E-state index in [1.54, 1.807) is 29.6 Å². The lowest BCUT2D eigenvalue weighted by Crippen LogP contribution is -2.12. The van der Waals surface area contributed by atoms with Gasteiger partial charge in [0.1, 0.15) is 9.95 Å². The smallest absolute Gasteiger partial charge is 0.339 e. The fourth-order valence-electron chi connectivity index (χ4n) is 2.00. The highest BCUT2D eigenvalue weighted by atomic mass is 32.2. The van der Waals surface area contributed by atoms with E-state index in [4.69, 9.17) is 4.74 Å². The first-order valence-corrected chi connectivity index (χ1v) is 8.80. The molecule has 0 atom stereocenters. The second-order valence-electron chi connectivity index (χ2n) is 5.48. The third kappa shape index (κ3) is 4.20. The van der Waals surface area contributed by atoms with Gasteiger partial charge in [0.2, 0.25) is 0 Å². The molecule has 1 aliphatic heterocycles. The van der Waals surface area contributed by atoms with Crippen molar-refractivity contribution in [3.8, 4) is 0 Å². The van der Waals surface area contributed by atoms with Crippen molar-refractivity contribution in [1.82, 2.24) is 0 Å². The van der Waals surface area contributed by atoms with Crippen molar-refractivity contribution >= 4 is 39.4 Å². The molecule has 2 rings (SSSR count). The zero-order chi connectivity index (χ0) is 17.0. The number of hydrogen-bond acceptors (Lipinski definition) is 5. The summed E-state index contributed by atoms with van der Waals surface area (Å²) in [4.78, 5) is 17.1. The SMILES string of the molecule is C=C1SC(SCc2ccccc2/C(=C\OC)C(=O)O)=NC1(C)C. The molecular weight excluding hydrogens is 330 g/mol. The lowest BCUT2D eigenvalue weighted by atomic mass is 10.0. The summed E-state index contributed by atoms with van der Waals surface area (Å²) in [6.45, 7) is 8.11. The van der Waals surface area contributed by atoms with E-state index in [2.05, 4.69) is 11.6 Å². The number of nitrogens with zero attached hydrogens (tertiary/aromatic N) is 1. The number of carbonyl (C=O) groups is 1. The molecule has 6 heteroatoms. The van der Waals surface area contributed by atoms with Crippen LogP contribution in [0.1, 0.15) is 25.0 Å². The molecule has 122 valence electrons. The number of aliphatic imine (C=N–C) groups is 1. The molecule has 1 aliphatic rings. The van der Waals surface area contributed by atoms with Crippen LogP contribution in [0, 0.1) is 0 Å². The fourth-order valence-corrected chi connectivity index (χ4v) is 4.32. The highest BCUT2D eigenvalue weighted by Crippen LogP contribution is 2.42. The maximum atomic E-state index is 11.4. The number of methoxy groups -OCH3 is 1. The quantitative estimate of drug-likeness (QED) is 0.631. The molecule has 1 N–H and O–H groups in total. The topological polar surface area (TPSA) is 58.9 Å². The Hall–Kier alpha value is -1.66. The van der Waals surface area contributed by atoms with Gasteiger partial charge in [-0.2, -0.15) is 0 Å². The van der Waals surface area contributed by atoms with Crippen LogP contribution >= 0.6 is 23.5 Å². The maximum Gasteiger partial charge on any atom is 0.339 e. The van der Waals surface area contributed by atoms with Gasteiger partial charge in [0, 0.05) is 10.7 Å². The predicted molar refractivity (Wildman–Crippen MR) is 98.6 cm³/mol. The van der Waals surface area contributed by atoms with E-state index in [1.165, 1.54) is 13.4 Å². The Morgan fingerprint density at radius 3 is 2.74 bits per heavy atom. The molecule has 23 heavy (non-hydrogen) atoms. The number of aliphatic carboxylic acids is 1. The Labute approximate surface area is 144 Å². The minimum atomic E-state index is -1.01. The first-order chi connectivity index (χ1) is 10.8. The summed E-state index contributed by atoms with van der Waals surface area (Å²) >= 11 is 3.18. The summed E-state index contributed by atoms with van der Waals surface area (Å²) in [6, 6.07) is 7.44. The maximum absolute atomic E-state index is 11.4. The van der Waals surface area contributed by atoms with Gasteiger partial charge >= 0.3 is 5.97 Å². The Balaban J connectivity index is 2.21. The molecular formula is C17H19NO3S2. The van der Waals surface area contributed by atoms with Crippen molar-refractivity contribution in [2.24, 2.45) is 4.99 Å². The molecule has 0 spiro atoms. The molecule has 0 aliphatic carbocycles. The fraction of sp³-hybridized carbons (Fsp3) is 0.294. The van der Waals surface area contributed by atoms with Crippen LogP contribution in [0.5, 0.6) is 0 Å². The van der Waals surface area contributed by atoms with Crippen LogP contribution in [0.4, 0.5) is 0 Å². The number of ether oxygens (including phenoxy) is 1. The van der Waals surface area contributed by atoms with E-state index in [-0.39, 0.29) is 11.1 Å². The van der Waals surface area contributed by atoms with E-state index in [0.29, 0.717) is 11.3 Å². The molecule has 0 unspecified atom stereocenters. The van der Waals surface area contributed by atoms with E-state index in [1.807, 2.05) is 32.0 Å². The molecule has 0 amide bonds. The van der Waals surface area contributed by atoms with Crippen LogP contribution in [-0.4, -0.2) is 28.1 Å². The first-order valence-electron chi connectivity index (χ1n) is 6.99. The van der Waals surface area contributed by atoms with Crippen molar-refractivity contribution in [3.05, 3.63) is 53.1 Å². The lowest BCUT2D eigenvalue weighted by Gasteiger charge is -2.12. The average molecular weight is 349 g/mol. The number of thioether (sulfide) groups is 2. The number of hydrogen-bond donors (Lipinski definition) is 1. The van der Waals surface area contributed by atoms with Crippen LogP contribution in [-0.2, 0) is 15.3 Å². The van der Waals surface area contributed by atoms with E-state index < -0.39 is 5.97 Å². The van der Waals surface area contributed by atoms with Gasteiger partial charge in [-0.1, -0.05) is 54.4 Å². The zero-order valence-corrected chi connectivity index (χ0v) is 15.0. The summed E-state index contributed by atoms with van der Waals surface area (Å²) < 4.78 is 5.87. The Bertz CT molecular complexity index is 693. The van der Waals surface area contributed by atoms with E-state index >= 15 is 0 Å². The Kier molecular flexibility index (Phi) is 5.59. The van der Waals surface area contributed by atoms with Crippen molar-refractivity contribution in [2.45, 2.75) is 25.1 Å². The van der Waals surface area contributed by atoms with Gasteiger partial charge in [-0.15, -0.1) is 0 Å². The molecule has 1 aromatic carbocycles. The van der Waals surface area contributed by atoms with Gasteiger partial charge in [-0.3, -0.25) is 4.99 Å². The third-order valence-corrected chi connectivity index (χ3v) is 5.80. The second-order valence-corrected chi connectivity index (χ2v) is 7.79. The first kappa shape index (κ1) is 17.7. The van der Waals surface area contributed by atoms with Crippen molar-refractivity contribution in [1.29, 1.82) is 0 Å². The summed E-state index contributed by atoms with van der Waals surface area (Å²) in [6.07, 6.45) is 1.26. The molecule has 1 heterocycles. The number of carboxylic acid groups (broad SMARTS) is 1. The number of carboxylic acids is 1. The van der Waals surface area contributed by atoms with Gasteiger partial charge in [0.05, 0.1) is 18.9 Å². The van der Waals surface area contributed by atoms with E-state index in [0.717, 1.165) is 14.8 Å². The summed E-state index contributed by atoms with van der Waals surface area (Å²) in [5.74, 6) is -0.369. The van der Waals surface area contributed by atoms with Crippen LogP contribution in [0.3, 0.4) is 0 Å². The van der Waals surface area contributed by atoms with Crippen molar-refractivity contribution < 1.29 is 14.6 Å².